The van der Waals surface area contributed by atoms with Crippen LogP contribution < -0.4 is 0 Å². The van der Waals surface area contributed by atoms with E-state index in [9.17, 15) is 18.5 Å². The maximum Gasteiger partial charge on any atom is 0.284 e. The van der Waals surface area contributed by atoms with E-state index in [0.717, 1.165) is 49.3 Å². The summed E-state index contributed by atoms with van der Waals surface area (Å²) >= 11 is 1.07. The zero-order chi connectivity index (χ0) is 21.3. The van der Waals surface area contributed by atoms with Crippen LogP contribution in [0.2, 0.25) is 0 Å². The van der Waals surface area contributed by atoms with Crippen LogP contribution in [0.5, 0.6) is 0 Å². The third-order valence-corrected chi connectivity index (χ3v) is 8.60. The zero-order valence-corrected chi connectivity index (χ0v) is 18.4. The van der Waals surface area contributed by atoms with Crippen molar-refractivity contribution in [3.05, 3.63) is 34.1 Å². The van der Waals surface area contributed by atoms with E-state index in [1.807, 2.05) is 6.92 Å². The number of piperidine rings is 1. The minimum atomic E-state index is -3.77. The first-order chi connectivity index (χ1) is 14.3. The lowest BCUT2D eigenvalue weighted by Gasteiger charge is -2.30. The van der Waals surface area contributed by atoms with Crippen LogP contribution in [0.1, 0.15) is 57.2 Å². The highest BCUT2D eigenvalue weighted by atomic mass is 32.2. The lowest BCUT2D eigenvalue weighted by molar-refractivity contribution is -0.388. The minimum absolute atomic E-state index is 0.0470. The molecule has 1 saturated heterocycles. The fraction of sp³-hybridized carbons (Fsp3) is 0.579. The molecule has 9 nitrogen and oxygen atoms in total. The van der Waals surface area contributed by atoms with E-state index in [1.165, 1.54) is 29.3 Å². The lowest BCUT2D eigenvalue weighted by atomic mass is 10.0. The number of hydrogen-bond donors (Lipinski definition) is 1. The van der Waals surface area contributed by atoms with E-state index < -0.39 is 14.9 Å². The van der Waals surface area contributed by atoms with Crippen molar-refractivity contribution < 1.29 is 13.3 Å². The molecule has 162 valence electrons. The molecule has 1 aromatic carbocycles. The highest BCUT2D eigenvalue weighted by molar-refractivity contribution is 7.99. The van der Waals surface area contributed by atoms with Gasteiger partial charge in [-0.15, -0.1) is 5.10 Å². The third-order valence-electron chi connectivity index (χ3n) is 5.81. The van der Waals surface area contributed by atoms with Gasteiger partial charge in [0.2, 0.25) is 15.2 Å². The number of nitro groups is 1. The monoisotopic (exact) mass is 451 g/mol. The Bertz CT molecular complexity index is 1030. The second kappa shape index (κ2) is 8.64. The second-order valence-corrected chi connectivity index (χ2v) is 11.0. The second-order valence-electron chi connectivity index (χ2n) is 8.08. The summed E-state index contributed by atoms with van der Waals surface area (Å²) in [6.45, 7) is 2.90. The van der Waals surface area contributed by atoms with Gasteiger partial charge in [0.1, 0.15) is 5.82 Å². The number of nitro benzene ring substituents is 1. The smallest absolute Gasteiger partial charge is 0.262 e. The quantitative estimate of drug-likeness (QED) is 0.521. The molecule has 2 aliphatic rings. The maximum atomic E-state index is 13.0. The van der Waals surface area contributed by atoms with Crippen LogP contribution >= 0.6 is 11.8 Å². The molecule has 2 aromatic rings. The Morgan fingerprint density at radius 3 is 2.70 bits per heavy atom. The Balaban J connectivity index is 1.58. The maximum absolute atomic E-state index is 13.0. The molecule has 1 unspecified atom stereocenters. The number of hydrogen-bond acceptors (Lipinski definition) is 7. The van der Waals surface area contributed by atoms with Gasteiger partial charge in [0.15, 0.2) is 0 Å². The van der Waals surface area contributed by atoms with Crippen LogP contribution in [-0.2, 0) is 10.0 Å². The molecule has 1 atom stereocenters. The summed E-state index contributed by atoms with van der Waals surface area (Å²) in [5.74, 6) is 1.45. The van der Waals surface area contributed by atoms with E-state index in [-0.39, 0.29) is 16.5 Å². The van der Waals surface area contributed by atoms with E-state index in [0.29, 0.717) is 29.1 Å². The fourth-order valence-electron chi connectivity index (χ4n) is 4.18. The molecule has 0 radical (unpaired) electrons. The molecule has 30 heavy (non-hydrogen) atoms. The SMILES string of the molecule is CC1CCCN(S(=O)(=O)c2ccc(Sc3n[nH]c(C4CCCC4)n3)c([N+](=O)[O-])c2)C1. The van der Waals surface area contributed by atoms with E-state index in [2.05, 4.69) is 15.2 Å². The molecule has 11 heteroatoms. The number of rotatable bonds is 6. The Kier molecular flexibility index (Phi) is 6.12. The number of nitrogens with one attached hydrogen (secondary N) is 1. The first-order valence-corrected chi connectivity index (χ1v) is 12.5. The van der Waals surface area contributed by atoms with Crippen molar-refractivity contribution in [2.24, 2.45) is 5.92 Å². The van der Waals surface area contributed by atoms with Crippen LogP contribution in [0.25, 0.3) is 0 Å². The molecule has 2 heterocycles. The highest BCUT2D eigenvalue weighted by Crippen LogP contribution is 2.37. The number of benzene rings is 1. The number of nitrogens with zero attached hydrogens (tertiary/aromatic N) is 4. The third kappa shape index (κ3) is 4.37. The first-order valence-electron chi connectivity index (χ1n) is 10.2. The van der Waals surface area contributed by atoms with Gasteiger partial charge in [-0.05, 0) is 55.5 Å². The van der Waals surface area contributed by atoms with Gasteiger partial charge in [0.25, 0.3) is 5.69 Å². The fourth-order valence-corrected chi connectivity index (χ4v) is 6.61. The van der Waals surface area contributed by atoms with Crippen molar-refractivity contribution in [3.63, 3.8) is 0 Å². The van der Waals surface area contributed by atoms with Gasteiger partial charge >= 0.3 is 0 Å². The number of aromatic amines is 1. The van der Waals surface area contributed by atoms with E-state index in [1.54, 1.807) is 0 Å². The summed E-state index contributed by atoms with van der Waals surface area (Å²) in [5, 5.41) is 19.2. The molecule has 0 amide bonds. The van der Waals surface area contributed by atoms with Gasteiger partial charge in [-0.1, -0.05) is 19.8 Å². The molecular formula is C19H25N5O4S2. The van der Waals surface area contributed by atoms with Crippen molar-refractivity contribution >= 4 is 27.5 Å². The van der Waals surface area contributed by atoms with Crippen molar-refractivity contribution in [3.8, 4) is 0 Å². The number of H-pyrrole nitrogens is 1. The van der Waals surface area contributed by atoms with E-state index in [4.69, 9.17) is 0 Å². The van der Waals surface area contributed by atoms with Gasteiger partial charge in [-0.3, -0.25) is 15.2 Å². The van der Waals surface area contributed by atoms with Gasteiger partial charge in [0, 0.05) is 25.1 Å². The van der Waals surface area contributed by atoms with Gasteiger partial charge in [0.05, 0.1) is 14.7 Å². The Morgan fingerprint density at radius 2 is 2.00 bits per heavy atom. The summed E-state index contributed by atoms with van der Waals surface area (Å²) in [6, 6.07) is 4.07. The summed E-state index contributed by atoms with van der Waals surface area (Å²) in [4.78, 5) is 15.9. The average Bonchev–Trinajstić information content (AvgIpc) is 3.40. The summed E-state index contributed by atoms with van der Waals surface area (Å²) in [5.41, 5.74) is -0.252. The van der Waals surface area contributed by atoms with Gasteiger partial charge in [-0.25, -0.2) is 13.4 Å². The van der Waals surface area contributed by atoms with E-state index >= 15 is 0 Å². The van der Waals surface area contributed by atoms with Crippen molar-refractivity contribution in [1.29, 1.82) is 0 Å². The zero-order valence-electron chi connectivity index (χ0n) is 16.8. The van der Waals surface area contributed by atoms with Gasteiger partial charge in [-0.2, -0.15) is 4.31 Å². The molecule has 0 spiro atoms. The van der Waals surface area contributed by atoms with Crippen LogP contribution in [0.15, 0.2) is 33.1 Å². The van der Waals surface area contributed by atoms with Crippen molar-refractivity contribution in [2.75, 3.05) is 13.1 Å². The van der Waals surface area contributed by atoms with Gasteiger partial charge < -0.3 is 0 Å². The largest absolute Gasteiger partial charge is 0.284 e. The molecule has 2 fully saturated rings. The standard InChI is InChI=1S/C19H25N5O4S2/c1-13-5-4-10-23(12-13)30(27,28)15-8-9-17(16(11-15)24(25)26)29-19-20-18(21-22-19)14-6-2-3-7-14/h8-9,11,13-14H,2-7,10,12H2,1H3,(H,20,21,22). The molecule has 1 aliphatic heterocycles. The topological polar surface area (TPSA) is 122 Å². The van der Waals surface area contributed by atoms with Crippen molar-refractivity contribution in [1.82, 2.24) is 19.5 Å². The van der Waals surface area contributed by atoms with Crippen LogP contribution in [0.4, 0.5) is 5.69 Å². The molecule has 1 aromatic heterocycles. The Morgan fingerprint density at radius 1 is 1.23 bits per heavy atom. The Hall–Kier alpha value is -1.98. The lowest BCUT2D eigenvalue weighted by Crippen LogP contribution is -2.39. The number of aromatic nitrogens is 3. The average molecular weight is 452 g/mol. The summed E-state index contributed by atoms with van der Waals surface area (Å²) < 4.78 is 27.4. The first kappa shape index (κ1) is 21.3. The van der Waals surface area contributed by atoms with Crippen LogP contribution in [0.3, 0.4) is 0 Å². The molecule has 1 aliphatic carbocycles. The summed E-state index contributed by atoms with van der Waals surface area (Å²) in [7, 11) is -3.77. The summed E-state index contributed by atoms with van der Waals surface area (Å²) in [6.07, 6.45) is 6.27. The highest BCUT2D eigenvalue weighted by Gasteiger charge is 2.31. The minimum Gasteiger partial charge on any atom is -0.262 e. The molecule has 1 saturated carbocycles. The Labute approximate surface area is 179 Å². The molecule has 1 N–H and O–H groups in total. The van der Waals surface area contributed by atoms with Crippen LogP contribution in [0, 0.1) is 16.0 Å². The van der Waals surface area contributed by atoms with Crippen LogP contribution in [-0.4, -0.2) is 45.9 Å². The normalized spacial score (nSPS) is 21.2. The molecule has 4 rings (SSSR count). The number of sulfonamides is 1. The predicted octanol–water partition coefficient (Wildman–Crippen LogP) is 3.94. The molecule has 0 bridgehead atoms. The predicted molar refractivity (Wildman–Crippen MR) is 112 cm³/mol. The van der Waals surface area contributed by atoms with Crippen molar-refractivity contribution in [2.45, 2.75) is 66.3 Å². The molecular weight excluding hydrogens is 426 g/mol.